The molecule has 0 saturated carbocycles. The van der Waals surface area contributed by atoms with Crippen LogP contribution >= 0.6 is 0 Å². The molecule has 0 aliphatic heterocycles. The number of hydrogen-bond donors (Lipinski definition) is 1. The fraction of sp³-hybridized carbons (Fsp3) is 0.500. The normalized spacial score (nSPS) is 14.8. The zero-order valence-electron chi connectivity index (χ0n) is 9.73. The van der Waals surface area contributed by atoms with Crippen LogP contribution in [0.3, 0.4) is 0 Å². The smallest absolute Gasteiger partial charge is 0.149 e. The van der Waals surface area contributed by atoms with Gasteiger partial charge in [0.2, 0.25) is 0 Å². The standard InChI is InChI=1S/C12H18FNO/c1-8-5-9(2)11(10(6-8)15-4)12(3,13)7-14/h5-6H,7,14H2,1-4H3. The van der Waals surface area contributed by atoms with Gasteiger partial charge >= 0.3 is 0 Å². The van der Waals surface area contributed by atoms with Crippen molar-refractivity contribution in [2.75, 3.05) is 13.7 Å². The highest BCUT2D eigenvalue weighted by Gasteiger charge is 2.29. The molecule has 2 nitrogen and oxygen atoms in total. The van der Waals surface area contributed by atoms with Gasteiger partial charge in [0.25, 0.3) is 0 Å². The van der Waals surface area contributed by atoms with E-state index in [0.717, 1.165) is 11.1 Å². The van der Waals surface area contributed by atoms with Gasteiger partial charge in [0.05, 0.1) is 7.11 Å². The molecular weight excluding hydrogens is 193 g/mol. The van der Waals surface area contributed by atoms with Crippen molar-refractivity contribution < 1.29 is 9.13 Å². The summed E-state index contributed by atoms with van der Waals surface area (Å²) in [5.41, 5.74) is 6.39. The number of halogens is 1. The lowest BCUT2D eigenvalue weighted by Crippen LogP contribution is -2.28. The van der Waals surface area contributed by atoms with E-state index in [4.69, 9.17) is 10.5 Å². The third-order valence-corrected chi connectivity index (χ3v) is 2.57. The Hall–Kier alpha value is -1.09. The van der Waals surface area contributed by atoms with Crippen LogP contribution in [0.15, 0.2) is 12.1 Å². The number of hydrogen-bond acceptors (Lipinski definition) is 2. The largest absolute Gasteiger partial charge is 0.496 e. The van der Waals surface area contributed by atoms with Crippen LogP contribution in [0, 0.1) is 13.8 Å². The molecule has 0 amide bonds. The average molecular weight is 211 g/mol. The first-order valence-corrected chi connectivity index (χ1v) is 4.97. The minimum atomic E-state index is -1.54. The molecule has 0 aliphatic rings. The Morgan fingerprint density at radius 2 is 2.00 bits per heavy atom. The molecule has 1 aromatic carbocycles. The summed E-state index contributed by atoms with van der Waals surface area (Å²) in [5.74, 6) is 0.572. The molecule has 0 aromatic heterocycles. The summed E-state index contributed by atoms with van der Waals surface area (Å²) in [6.45, 7) is 5.26. The maximum Gasteiger partial charge on any atom is 0.149 e. The van der Waals surface area contributed by atoms with E-state index in [9.17, 15) is 4.39 Å². The van der Waals surface area contributed by atoms with Crippen LogP contribution in [0.4, 0.5) is 4.39 Å². The Balaban J connectivity index is 3.39. The van der Waals surface area contributed by atoms with Gasteiger partial charge in [0.1, 0.15) is 11.4 Å². The van der Waals surface area contributed by atoms with Gasteiger partial charge in [-0.15, -0.1) is 0 Å². The summed E-state index contributed by atoms with van der Waals surface area (Å²) in [5, 5.41) is 0. The van der Waals surface area contributed by atoms with Crippen LogP contribution < -0.4 is 10.5 Å². The van der Waals surface area contributed by atoms with E-state index >= 15 is 0 Å². The van der Waals surface area contributed by atoms with Gasteiger partial charge in [-0.2, -0.15) is 0 Å². The summed E-state index contributed by atoms with van der Waals surface area (Å²) < 4.78 is 19.4. The number of aryl methyl sites for hydroxylation is 2. The quantitative estimate of drug-likeness (QED) is 0.833. The van der Waals surface area contributed by atoms with E-state index in [1.165, 1.54) is 6.92 Å². The second-order valence-corrected chi connectivity index (χ2v) is 4.06. The minimum absolute atomic E-state index is 0.0484. The first kappa shape index (κ1) is 12.0. The molecule has 1 rings (SSSR count). The Labute approximate surface area is 90.2 Å². The molecule has 0 saturated heterocycles. The van der Waals surface area contributed by atoms with Crippen LogP contribution in [0.1, 0.15) is 23.6 Å². The van der Waals surface area contributed by atoms with Crippen molar-refractivity contribution in [2.45, 2.75) is 26.4 Å². The lowest BCUT2D eigenvalue weighted by molar-refractivity contribution is 0.195. The molecular formula is C12H18FNO. The topological polar surface area (TPSA) is 35.2 Å². The zero-order chi connectivity index (χ0) is 11.6. The van der Waals surface area contributed by atoms with Gasteiger partial charge in [-0.1, -0.05) is 6.07 Å². The highest BCUT2D eigenvalue weighted by Crippen LogP contribution is 2.35. The van der Waals surface area contributed by atoms with Gasteiger partial charge in [0.15, 0.2) is 0 Å². The Morgan fingerprint density at radius 1 is 1.40 bits per heavy atom. The number of nitrogens with two attached hydrogens (primary N) is 1. The molecule has 0 aliphatic carbocycles. The van der Waals surface area contributed by atoms with Crippen LogP contribution in [0.5, 0.6) is 5.75 Å². The summed E-state index contributed by atoms with van der Waals surface area (Å²) in [6, 6.07) is 3.77. The van der Waals surface area contributed by atoms with E-state index < -0.39 is 5.67 Å². The van der Waals surface area contributed by atoms with E-state index in [0.29, 0.717) is 11.3 Å². The SMILES string of the molecule is COc1cc(C)cc(C)c1C(C)(F)CN. The molecule has 84 valence electrons. The van der Waals surface area contributed by atoms with Gasteiger partial charge in [-0.05, 0) is 38.0 Å². The van der Waals surface area contributed by atoms with Crippen molar-refractivity contribution in [2.24, 2.45) is 5.73 Å². The lowest BCUT2D eigenvalue weighted by Gasteiger charge is -2.24. The highest BCUT2D eigenvalue weighted by atomic mass is 19.1. The van der Waals surface area contributed by atoms with Crippen molar-refractivity contribution in [3.63, 3.8) is 0 Å². The minimum Gasteiger partial charge on any atom is -0.496 e. The first-order chi connectivity index (χ1) is 6.92. The zero-order valence-corrected chi connectivity index (χ0v) is 9.73. The van der Waals surface area contributed by atoms with Crippen molar-refractivity contribution in [3.8, 4) is 5.75 Å². The van der Waals surface area contributed by atoms with E-state index in [1.807, 2.05) is 26.0 Å². The molecule has 1 atom stereocenters. The van der Waals surface area contributed by atoms with E-state index in [1.54, 1.807) is 7.11 Å². The van der Waals surface area contributed by atoms with E-state index in [2.05, 4.69) is 0 Å². The molecule has 2 N–H and O–H groups in total. The fourth-order valence-corrected chi connectivity index (χ4v) is 1.86. The number of benzene rings is 1. The first-order valence-electron chi connectivity index (χ1n) is 4.97. The highest BCUT2D eigenvalue weighted by molar-refractivity contribution is 5.46. The molecule has 1 aromatic rings. The third-order valence-electron chi connectivity index (χ3n) is 2.57. The molecule has 0 bridgehead atoms. The van der Waals surface area contributed by atoms with Crippen molar-refractivity contribution in [1.82, 2.24) is 0 Å². The molecule has 0 heterocycles. The number of rotatable bonds is 3. The Morgan fingerprint density at radius 3 is 2.47 bits per heavy atom. The third kappa shape index (κ3) is 2.29. The number of ether oxygens (including phenoxy) is 1. The number of methoxy groups -OCH3 is 1. The maximum atomic E-state index is 14.2. The second-order valence-electron chi connectivity index (χ2n) is 4.06. The molecule has 3 heteroatoms. The molecule has 0 spiro atoms. The monoisotopic (exact) mass is 211 g/mol. The molecule has 1 unspecified atom stereocenters. The van der Waals surface area contributed by atoms with Crippen LogP contribution in [0.25, 0.3) is 0 Å². The average Bonchev–Trinajstić information content (AvgIpc) is 2.15. The lowest BCUT2D eigenvalue weighted by atomic mass is 9.91. The molecule has 15 heavy (non-hydrogen) atoms. The van der Waals surface area contributed by atoms with Gasteiger partial charge in [-0.3, -0.25) is 0 Å². The summed E-state index contributed by atoms with van der Waals surface area (Å²) in [4.78, 5) is 0. The molecule has 0 fully saturated rings. The fourth-order valence-electron chi connectivity index (χ4n) is 1.86. The van der Waals surface area contributed by atoms with Crippen molar-refractivity contribution >= 4 is 0 Å². The van der Waals surface area contributed by atoms with Crippen LogP contribution in [0.2, 0.25) is 0 Å². The van der Waals surface area contributed by atoms with Crippen LogP contribution in [-0.4, -0.2) is 13.7 Å². The number of alkyl halides is 1. The predicted molar refractivity (Wildman–Crippen MR) is 60.0 cm³/mol. The summed E-state index contributed by atoms with van der Waals surface area (Å²) in [6.07, 6.45) is 0. The van der Waals surface area contributed by atoms with Crippen molar-refractivity contribution in [1.29, 1.82) is 0 Å². The molecule has 0 radical (unpaired) electrons. The maximum absolute atomic E-state index is 14.2. The Bertz CT molecular complexity index is 361. The predicted octanol–water partition coefficient (Wildman–Crippen LogP) is 2.46. The van der Waals surface area contributed by atoms with Crippen molar-refractivity contribution in [3.05, 3.63) is 28.8 Å². The summed E-state index contributed by atoms with van der Waals surface area (Å²) >= 11 is 0. The second kappa shape index (κ2) is 4.19. The van der Waals surface area contributed by atoms with E-state index in [-0.39, 0.29) is 6.54 Å². The Kier molecular flexibility index (Phi) is 3.35. The summed E-state index contributed by atoms with van der Waals surface area (Å²) in [7, 11) is 1.55. The van der Waals surface area contributed by atoms with Gasteiger partial charge < -0.3 is 10.5 Å². The van der Waals surface area contributed by atoms with Gasteiger partial charge in [-0.25, -0.2) is 4.39 Å². The van der Waals surface area contributed by atoms with Gasteiger partial charge in [0, 0.05) is 12.1 Å². The van der Waals surface area contributed by atoms with Crippen LogP contribution in [-0.2, 0) is 5.67 Å².